The van der Waals surface area contributed by atoms with Crippen molar-refractivity contribution in [2.45, 2.75) is 6.54 Å². The number of anilines is 2. The molecule has 0 saturated heterocycles. The second kappa shape index (κ2) is 5.42. The Morgan fingerprint density at radius 2 is 2.00 bits per heavy atom. The first-order chi connectivity index (χ1) is 8.69. The third kappa shape index (κ3) is 2.92. The summed E-state index contributed by atoms with van der Waals surface area (Å²) >= 11 is 0. The molecule has 0 fully saturated rings. The molecule has 0 unspecified atom stereocenters. The van der Waals surface area contributed by atoms with Crippen LogP contribution in [0.2, 0.25) is 0 Å². The number of aromatic nitrogens is 2. The number of benzene rings is 1. The Labute approximate surface area is 104 Å². The average Bonchev–Trinajstić information content (AvgIpc) is 2.41. The fourth-order valence-electron chi connectivity index (χ4n) is 1.58. The Bertz CT molecular complexity index is 514. The molecule has 1 aromatic heterocycles. The van der Waals surface area contributed by atoms with Gasteiger partial charge in [0, 0.05) is 19.8 Å². The zero-order valence-corrected chi connectivity index (χ0v) is 9.97. The van der Waals surface area contributed by atoms with Gasteiger partial charge in [-0.2, -0.15) is 4.98 Å². The third-order valence-corrected chi connectivity index (χ3v) is 2.49. The lowest BCUT2D eigenvalue weighted by Crippen LogP contribution is -2.19. The molecular formula is C12H14FN5. The van der Waals surface area contributed by atoms with Crippen molar-refractivity contribution in [3.05, 3.63) is 47.9 Å². The van der Waals surface area contributed by atoms with E-state index in [1.165, 1.54) is 12.1 Å². The van der Waals surface area contributed by atoms with E-state index in [1.807, 2.05) is 11.9 Å². The van der Waals surface area contributed by atoms with Gasteiger partial charge in [0.15, 0.2) is 0 Å². The Kier molecular flexibility index (Phi) is 3.69. The SMILES string of the molecule is CN(Cc1ccc(F)cc1)c1ccnc(NN)n1. The summed E-state index contributed by atoms with van der Waals surface area (Å²) in [7, 11) is 1.89. The van der Waals surface area contributed by atoms with Gasteiger partial charge in [0.05, 0.1) is 0 Å². The molecule has 2 rings (SSSR count). The van der Waals surface area contributed by atoms with Crippen LogP contribution in [-0.2, 0) is 6.54 Å². The molecule has 0 aliphatic heterocycles. The van der Waals surface area contributed by atoms with Crippen molar-refractivity contribution >= 4 is 11.8 Å². The number of hydrazine groups is 1. The minimum atomic E-state index is -0.238. The minimum absolute atomic E-state index is 0.238. The molecule has 0 amide bonds. The predicted octanol–water partition coefficient (Wildman–Crippen LogP) is 1.54. The van der Waals surface area contributed by atoms with Gasteiger partial charge in [0.1, 0.15) is 11.6 Å². The number of halogens is 1. The van der Waals surface area contributed by atoms with Gasteiger partial charge in [-0.1, -0.05) is 12.1 Å². The maximum Gasteiger partial charge on any atom is 0.239 e. The van der Waals surface area contributed by atoms with Crippen LogP contribution in [0.4, 0.5) is 16.2 Å². The van der Waals surface area contributed by atoms with E-state index in [0.717, 1.165) is 11.4 Å². The molecule has 6 heteroatoms. The summed E-state index contributed by atoms with van der Waals surface area (Å²) in [6, 6.07) is 8.15. The summed E-state index contributed by atoms with van der Waals surface area (Å²) in [5.74, 6) is 6.11. The molecule has 0 saturated carbocycles. The zero-order valence-electron chi connectivity index (χ0n) is 9.97. The van der Waals surface area contributed by atoms with Gasteiger partial charge in [-0.25, -0.2) is 15.2 Å². The van der Waals surface area contributed by atoms with Crippen molar-refractivity contribution in [1.29, 1.82) is 0 Å². The molecule has 1 aromatic carbocycles. The molecule has 0 radical (unpaired) electrons. The molecular weight excluding hydrogens is 233 g/mol. The number of nitrogens with zero attached hydrogens (tertiary/aromatic N) is 3. The van der Waals surface area contributed by atoms with Crippen molar-refractivity contribution in [2.75, 3.05) is 17.4 Å². The van der Waals surface area contributed by atoms with Gasteiger partial charge < -0.3 is 4.90 Å². The van der Waals surface area contributed by atoms with Gasteiger partial charge in [-0.05, 0) is 23.8 Å². The van der Waals surface area contributed by atoms with Crippen molar-refractivity contribution in [1.82, 2.24) is 9.97 Å². The lowest BCUT2D eigenvalue weighted by Gasteiger charge is -2.18. The van der Waals surface area contributed by atoms with Gasteiger partial charge in [-0.15, -0.1) is 0 Å². The summed E-state index contributed by atoms with van der Waals surface area (Å²) in [6.07, 6.45) is 1.62. The lowest BCUT2D eigenvalue weighted by molar-refractivity contribution is 0.627. The van der Waals surface area contributed by atoms with Crippen molar-refractivity contribution in [2.24, 2.45) is 5.84 Å². The van der Waals surface area contributed by atoms with Crippen LogP contribution < -0.4 is 16.2 Å². The zero-order chi connectivity index (χ0) is 13.0. The Hall–Kier alpha value is -2.21. The number of nitrogens with two attached hydrogens (primary N) is 1. The molecule has 18 heavy (non-hydrogen) atoms. The molecule has 0 aliphatic carbocycles. The van der Waals surface area contributed by atoms with Crippen LogP contribution in [0, 0.1) is 5.82 Å². The fourth-order valence-corrected chi connectivity index (χ4v) is 1.58. The van der Waals surface area contributed by atoms with E-state index < -0.39 is 0 Å². The molecule has 0 atom stereocenters. The second-order valence-corrected chi connectivity index (χ2v) is 3.87. The standard InChI is InChI=1S/C12H14FN5/c1-18(8-9-2-4-10(13)5-3-9)11-6-7-15-12(16-11)17-14/h2-7H,8,14H2,1H3,(H,15,16,17). The molecule has 1 heterocycles. The average molecular weight is 247 g/mol. The van der Waals surface area contributed by atoms with E-state index in [4.69, 9.17) is 5.84 Å². The monoisotopic (exact) mass is 247 g/mol. The maximum absolute atomic E-state index is 12.8. The number of hydrogen-bond donors (Lipinski definition) is 2. The van der Waals surface area contributed by atoms with Crippen LogP contribution in [0.3, 0.4) is 0 Å². The molecule has 94 valence electrons. The van der Waals surface area contributed by atoms with E-state index in [-0.39, 0.29) is 5.82 Å². The van der Waals surface area contributed by atoms with E-state index in [2.05, 4.69) is 15.4 Å². The number of hydrogen-bond acceptors (Lipinski definition) is 5. The van der Waals surface area contributed by atoms with Crippen molar-refractivity contribution in [3.8, 4) is 0 Å². The fraction of sp³-hybridized carbons (Fsp3) is 0.167. The van der Waals surface area contributed by atoms with E-state index in [1.54, 1.807) is 24.4 Å². The second-order valence-electron chi connectivity index (χ2n) is 3.87. The first-order valence-corrected chi connectivity index (χ1v) is 5.44. The summed E-state index contributed by atoms with van der Waals surface area (Å²) in [5.41, 5.74) is 3.39. The maximum atomic E-state index is 12.8. The number of nitrogen functional groups attached to an aromatic ring is 1. The topological polar surface area (TPSA) is 67.1 Å². The summed E-state index contributed by atoms with van der Waals surface area (Å²) in [5, 5.41) is 0. The van der Waals surface area contributed by atoms with Crippen LogP contribution in [0.25, 0.3) is 0 Å². The van der Waals surface area contributed by atoms with Gasteiger partial charge in [-0.3, -0.25) is 5.43 Å². The molecule has 0 aliphatic rings. The van der Waals surface area contributed by atoms with Gasteiger partial charge in [0.25, 0.3) is 0 Å². The van der Waals surface area contributed by atoms with Crippen molar-refractivity contribution in [3.63, 3.8) is 0 Å². The third-order valence-electron chi connectivity index (χ3n) is 2.49. The largest absolute Gasteiger partial charge is 0.355 e. The first-order valence-electron chi connectivity index (χ1n) is 5.44. The van der Waals surface area contributed by atoms with E-state index in [9.17, 15) is 4.39 Å². The molecule has 5 nitrogen and oxygen atoms in total. The van der Waals surface area contributed by atoms with Crippen LogP contribution in [0.5, 0.6) is 0 Å². The molecule has 3 N–H and O–H groups in total. The van der Waals surface area contributed by atoms with E-state index in [0.29, 0.717) is 12.5 Å². The normalized spacial score (nSPS) is 10.2. The first kappa shape index (κ1) is 12.3. The van der Waals surface area contributed by atoms with Crippen LogP contribution in [0.15, 0.2) is 36.5 Å². The number of nitrogens with one attached hydrogen (secondary N) is 1. The summed E-state index contributed by atoms with van der Waals surface area (Å²) in [6.45, 7) is 0.626. The highest BCUT2D eigenvalue weighted by atomic mass is 19.1. The lowest BCUT2D eigenvalue weighted by atomic mass is 10.2. The van der Waals surface area contributed by atoms with Crippen LogP contribution in [0.1, 0.15) is 5.56 Å². The highest BCUT2D eigenvalue weighted by Crippen LogP contribution is 2.13. The Morgan fingerprint density at radius 1 is 1.28 bits per heavy atom. The molecule has 0 spiro atoms. The minimum Gasteiger partial charge on any atom is -0.355 e. The molecule has 2 aromatic rings. The number of rotatable bonds is 4. The molecule has 0 bridgehead atoms. The Balaban J connectivity index is 2.11. The van der Waals surface area contributed by atoms with Crippen molar-refractivity contribution < 1.29 is 4.39 Å². The van der Waals surface area contributed by atoms with E-state index >= 15 is 0 Å². The summed E-state index contributed by atoms with van der Waals surface area (Å²) < 4.78 is 12.8. The quantitative estimate of drug-likeness (QED) is 0.633. The smallest absolute Gasteiger partial charge is 0.239 e. The van der Waals surface area contributed by atoms with Gasteiger partial charge in [0.2, 0.25) is 5.95 Å². The predicted molar refractivity (Wildman–Crippen MR) is 68.3 cm³/mol. The summed E-state index contributed by atoms with van der Waals surface area (Å²) in [4.78, 5) is 10.1. The van der Waals surface area contributed by atoms with Gasteiger partial charge >= 0.3 is 0 Å². The van der Waals surface area contributed by atoms with Crippen LogP contribution in [-0.4, -0.2) is 17.0 Å². The van der Waals surface area contributed by atoms with Crippen LogP contribution >= 0.6 is 0 Å². The highest BCUT2D eigenvalue weighted by Gasteiger charge is 2.05. The highest BCUT2D eigenvalue weighted by molar-refractivity contribution is 5.42. The Morgan fingerprint density at radius 3 is 2.67 bits per heavy atom.